The molecule has 1 amide bonds. The van der Waals surface area contributed by atoms with Crippen molar-refractivity contribution < 1.29 is 4.79 Å². The van der Waals surface area contributed by atoms with E-state index in [1.54, 1.807) is 0 Å². The van der Waals surface area contributed by atoms with Crippen LogP contribution in [0.15, 0.2) is 0 Å². The SMILES string of the molecule is CC(CNC(=O)CN1CCCNCC1)N1CCCC1. The zero-order valence-corrected chi connectivity index (χ0v) is 12.2. The van der Waals surface area contributed by atoms with E-state index in [1.807, 2.05) is 0 Å². The van der Waals surface area contributed by atoms with Gasteiger partial charge in [0.25, 0.3) is 0 Å². The molecule has 5 nitrogen and oxygen atoms in total. The Balaban J connectivity index is 1.63. The quantitative estimate of drug-likeness (QED) is 0.730. The predicted molar refractivity (Wildman–Crippen MR) is 77.2 cm³/mol. The molecule has 2 fully saturated rings. The first kappa shape index (κ1) is 14.8. The maximum Gasteiger partial charge on any atom is 0.234 e. The van der Waals surface area contributed by atoms with E-state index >= 15 is 0 Å². The maximum atomic E-state index is 12.0. The Kier molecular flexibility index (Phi) is 6.07. The molecular weight excluding hydrogens is 240 g/mol. The average Bonchev–Trinajstić information content (AvgIpc) is 2.82. The van der Waals surface area contributed by atoms with E-state index in [1.165, 1.54) is 25.9 Å². The summed E-state index contributed by atoms with van der Waals surface area (Å²) in [5, 5.41) is 6.44. The van der Waals surface area contributed by atoms with E-state index < -0.39 is 0 Å². The number of nitrogens with one attached hydrogen (secondary N) is 2. The second kappa shape index (κ2) is 7.82. The summed E-state index contributed by atoms with van der Waals surface area (Å²) in [5.74, 6) is 0.174. The number of hydrogen-bond acceptors (Lipinski definition) is 4. The molecule has 2 heterocycles. The van der Waals surface area contributed by atoms with Crippen LogP contribution in [0, 0.1) is 0 Å². The van der Waals surface area contributed by atoms with Crippen molar-refractivity contribution in [3.63, 3.8) is 0 Å². The summed E-state index contributed by atoms with van der Waals surface area (Å²) in [6.45, 7) is 10.0. The first-order chi connectivity index (χ1) is 9.25. The summed E-state index contributed by atoms with van der Waals surface area (Å²) in [7, 11) is 0. The van der Waals surface area contributed by atoms with Crippen molar-refractivity contribution in [1.82, 2.24) is 20.4 Å². The predicted octanol–water partition coefficient (Wildman–Crippen LogP) is -0.118. The Bertz CT molecular complexity index is 271. The number of rotatable bonds is 5. The van der Waals surface area contributed by atoms with Gasteiger partial charge in [-0.1, -0.05) is 0 Å². The Hall–Kier alpha value is -0.650. The molecule has 2 rings (SSSR count). The highest BCUT2D eigenvalue weighted by molar-refractivity contribution is 5.78. The van der Waals surface area contributed by atoms with Gasteiger partial charge in [0, 0.05) is 25.7 Å². The third-order valence-electron chi connectivity index (χ3n) is 4.16. The molecule has 2 aliphatic heterocycles. The number of nitrogens with zero attached hydrogens (tertiary/aromatic N) is 2. The number of carbonyl (C=O) groups excluding carboxylic acids is 1. The first-order valence-electron chi connectivity index (χ1n) is 7.69. The van der Waals surface area contributed by atoms with Crippen LogP contribution in [0.25, 0.3) is 0 Å². The lowest BCUT2D eigenvalue weighted by molar-refractivity contribution is -0.122. The Morgan fingerprint density at radius 2 is 1.95 bits per heavy atom. The second-order valence-corrected chi connectivity index (χ2v) is 5.78. The van der Waals surface area contributed by atoms with E-state index in [-0.39, 0.29) is 5.91 Å². The molecule has 110 valence electrons. The van der Waals surface area contributed by atoms with Crippen LogP contribution in [0.2, 0.25) is 0 Å². The van der Waals surface area contributed by atoms with Crippen LogP contribution in [0.3, 0.4) is 0 Å². The van der Waals surface area contributed by atoms with Gasteiger partial charge in [0.15, 0.2) is 0 Å². The lowest BCUT2D eigenvalue weighted by Gasteiger charge is -2.25. The molecule has 2 aliphatic rings. The lowest BCUT2D eigenvalue weighted by atomic mass is 10.3. The molecule has 0 saturated carbocycles. The standard InChI is InChI=1S/C14H28N4O/c1-13(18-8-2-3-9-18)11-16-14(19)12-17-7-4-5-15-6-10-17/h13,15H,2-12H2,1H3,(H,16,19). The Morgan fingerprint density at radius 3 is 2.74 bits per heavy atom. The zero-order valence-electron chi connectivity index (χ0n) is 12.2. The van der Waals surface area contributed by atoms with Crippen molar-refractivity contribution in [1.29, 1.82) is 0 Å². The fourth-order valence-corrected chi connectivity index (χ4v) is 2.89. The van der Waals surface area contributed by atoms with Gasteiger partial charge in [0.1, 0.15) is 0 Å². The molecule has 5 heteroatoms. The summed E-state index contributed by atoms with van der Waals surface area (Å²) in [6.07, 6.45) is 3.75. The average molecular weight is 268 g/mol. The highest BCUT2D eigenvalue weighted by Crippen LogP contribution is 2.10. The number of likely N-dealkylation sites (tertiary alicyclic amines) is 1. The Labute approximate surface area is 116 Å². The number of hydrogen-bond donors (Lipinski definition) is 2. The number of carbonyl (C=O) groups is 1. The molecule has 2 saturated heterocycles. The third kappa shape index (κ3) is 5.09. The van der Waals surface area contributed by atoms with Crippen LogP contribution in [0.5, 0.6) is 0 Å². The smallest absolute Gasteiger partial charge is 0.234 e. The fraction of sp³-hybridized carbons (Fsp3) is 0.929. The van der Waals surface area contributed by atoms with Crippen molar-refractivity contribution in [3.05, 3.63) is 0 Å². The minimum atomic E-state index is 0.174. The van der Waals surface area contributed by atoms with Crippen LogP contribution in [0.4, 0.5) is 0 Å². The van der Waals surface area contributed by atoms with E-state index in [2.05, 4.69) is 27.4 Å². The van der Waals surface area contributed by atoms with Crippen LogP contribution in [0.1, 0.15) is 26.2 Å². The van der Waals surface area contributed by atoms with Crippen molar-refractivity contribution in [3.8, 4) is 0 Å². The summed E-state index contributed by atoms with van der Waals surface area (Å²) < 4.78 is 0. The van der Waals surface area contributed by atoms with E-state index in [4.69, 9.17) is 0 Å². The molecule has 0 aromatic heterocycles. The van der Waals surface area contributed by atoms with Crippen molar-refractivity contribution in [2.24, 2.45) is 0 Å². The summed E-state index contributed by atoms with van der Waals surface area (Å²) >= 11 is 0. The van der Waals surface area contributed by atoms with E-state index in [0.717, 1.165) is 39.1 Å². The largest absolute Gasteiger partial charge is 0.353 e. The summed E-state index contributed by atoms with van der Waals surface area (Å²) in [5.41, 5.74) is 0. The molecule has 0 aromatic carbocycles. The molecule has 0 bridgehead atoms. The van der Waals surface area contributed by atoms with Gasteiger partial charge < -0.3 is 10.6 Å². The van der Waals surface area contributed by atoms with Crippen molar-refractivity contribution >= 4 is 5.91 Å². The molecular formula is C14H28N4O. The van der Waals surface area contributed by atoms with Gasteiger partial charge in [-0.2, -0.15) is 0 Å². The van der Waals surface area contributed by atoms with Gasteiger partial charge in [0.2, 0.25) is 5.91 Å². The van der Waals surface area contributed by atoms with Gasteiger partial charge in [-0.05, 0) is 52.4 Å². The monoisotopic (exact) mass is 268 g/mol. The molecule has 0 spiro atoms. The highest BCUT2D eigenvalue weighted by atomic mass is 16.2. The van der Waals surface area contributed by atoms with Crippen molar-refractivity contribution in [2.75, 3.05) is 52.4 Å². The molecule has 0 radical (unpaired) electrons. The third-order valence-corrected chi connectivity index (χ3v) is 4.16. The normalized spacial score (nSPS) is 24.1. The molecule has 0 aliphatic carbocycles. The molecule has 0 aromatic rings. The summed E-state index contributed by atoms with van der Waals surface area (Å²) in [6, 6.07) is 0.470. The topological polar surface area (TPSA) is 47.6 Å². The minimum absolute atomic E-state index is 0.174. The summed E-state index contributed by atoms with van der Waals surface area (Å²) in [4.78, 5) is 16.7. The molecule has 2 N–H and O–H groups in total. The zero-order chi connectivity index (χ0) is 13.5. The van der Waals surface area contributed by atoms with Crippen LogP contribution < -0.4 is 10.6 Å². The van der Waals surface area contributed by atoms with Crippen molar-refractivity contribution in [2.45, 2.75) is 32.2 Å². The van der Waals surface area contributed by atoms with E-state index in [0.29, 0.717) is 12.6 Å². The van der Waals surface area contributed by atoms with Gasteiger partial charge in [-0.15, -0.1) is 0 Å². The lowest BCUT2D eigenvalue weighted by Crippen LogP contribution is -2.44. The fourth-order valence-electron chi connectivity index (χ4n) is 2.89. The van der Waals surface area contributed by atoms with Gasteiger partial charge >= 0.3 is 0 Å². The van der Waals surface area contributed by atoms with Crippen LogP contribution in [-0.2, 0) is 4.79 Å². The number of amides is 1. The molecule has 19 heavy (non-hydrogen) atoms. The maximum absolute atomic E-state index is 12.0. The molecule has 1 unspecified atom stereocenters. The minimum Gasteiger partial charge on any atom is -0.353 e. The Morgan fingerprint density at radius 1 is 1.16 bits per heavy atom. The van der Waals surface area contributed by atoms with Crippen LogP contribution in [-0.4, -0.2) is 74.1 Å². The van der Waals surface area contributed by atoms with Crippen LogP contribution >= 0.6 is 0 Å². The van der Waals surface area contributed by atoms with Gasteiger partial charge in [-0.25, -0.2) is 0 Å². The van der Waals surface area contributed by atoms with Gasteiger partial charge in [-0.3, -0.25) is 14.6 Å². The highest BCUT2D eigenvalue weighted by Gasteiger charge is 2.19. The second-order valence-electron chi connectivity index (χ2n) is 5.78. The first-order valence-corrected chi connectivity index (χ1v) is 7.69. The molecule has 1 atom stereocenters. The van der Waals surface area contributed by atoms with E-state index in [9.17, 15) is 4.79 Å². The van der Waals surface area contributed by atoms with Gasteiger partial charge in [0.05, 0.1) is 6.54 Å².